The van der Waals surface area contributed by atoms with E-state index in [2.05, 4.69) is 39.3 Å². The van der Waals surface area contributed by atoms with E-state index in [-0.39, 0.29) is 16.6 Å². The molecule has 32 heavy (non-hydrogen) atoms. The van der Waals surface area contributed by atoms with E-state index in [4.69, 9.17) is 0 Å². The van der Waals surface area contributed by atoms with Gasteiger partial charge in [0.1, 0.15) is 4.90 Å². The Labute approximate surface area is 187 Å². The SMILES string of the molecule is O=C(NCC1CCc2ccccc2C1)c1ccc(NC2=NS(=O)(=O)c3ccccc32)cc1. The summed E-state index contributed by atoms with van der Waals surface area (Å²) >= 11 is 0. The Morgan fingerprint density at radius 2 is 1.66 bits per heavy atom. The summed E-state index contributed by atoms with van der Waals surface area (Å²) in [6.07, 6.45) is 3.12. The monoisotopic (exact) mass is 445 g/mol. The number of anilines is 1. The minimum atomic E-state index is -3.67. The van der Waals surface area contributed by atoms with Gasteiger partial charge in [0.15, 0.2) is 5.84 Å². The normalized spacial score (nSPS) is 18.2. The quantitative estimate of drug-likeness (QED) is 0.640. The minimum absolute atomic E-state index is 0.110. The summed E-state index contributed by atoms with van der Waals surface area (Å²) in [5.41, 5.74) is 4.57. The first-order valence-electron chi connectivity index (χ1n) is 10.7. The molecule has 1 atom stereocenters. The summed E-state index contributed by atoms with van der Waals surface area (Å²) in [4.78, 5) is 12.8. The summed E-state index contributed by atoms with van der Waals surface area (Å²) < 4.78 is 28.2. The van der Waals surface area contributed by atoms with Crippen molar-refractivity contribution in [2.75, 3.05) is 11.9 Å². The zero-order chi connectivity index (χ0) is 22.1. The van der Waals surface area contributed by atoms with Crippen LogP contribution in [0, 0.1) is 5.92 Å². The number of benzene rings is 3. The molecule has 1 heterocycles. The van der Waals surface area contributed by atoms with Crippen molar-refractivity contribution in [3.8, 4) is 0 Å². The summed E-state index contributed by atoms with van der Waals surface area (Å²) in [7, 11) is -3.67. The first kappa shape index (κ1) is 20.5. The van der Waals surface area contributed by atoms with Gasteiger partial charge in [-0.2, -0.15) is 8.42 Å². The average molecular weight is 446 g/mol. The Bertz CT molecular complexity index is 1310. The van der Waals surface area contributed by atoms with Crippen LogP contribution in [0.1, 0.15) is 33.5 Å². The number of fused-ring (bicyclic) bond motifs is 2. The van der Waals surface area contributed by atoms with Gasteiger partial charge in [-0.25, -0.2) is 0 Å². The highest BCUT2D eigenvalue weighted by molar-refractivity contribution is 7.90. The lowest BCUT2D eigenvalue weighted by Crippen LogP contribution is -2.32. The number of carbonyl (C=O) groups is 1. The molecule has 0 fully saturated rings. The van der Waals surface area contributed by atoms with Gasteiger partial charge in [0, 0.05) is 23.4 Å². The third-order valence-electron chi connectivity index (χ3n) is 6.04. The van der Waals surface area contributed by atoms with Gasteiger partial charge in [-0.15, -0.1) is 4.40 Å². The van der Waals surface area contributed by atoms with E-state index >= 15 is 0 Å². The van der Waals surface area contributed by atoms with Crippen LogP contribution in [0.3, 0.4) is 0 Å². The summed E-state index contributed by atoms with van der Waals surface area (Å²) in [5.74, 6) is 0.620. The lowest BCUT2D eigenvalue weighted by atomic mass is 9.84. The van der Waals surface area contributed by atoms with Crippen LogP contribution >= 0.6 is 0 Å². The van der Waals surface area contributed by atoms with Crippen molar-refractivity contribution in [2.45, 2.75) is 24.2 Å². The lowest BCUT2D eigenvalue weighted by Gasteiger charge is -2.24. The molecule has 0 spiro atoms. The molecular weight excluding hydrogens is 422 g/mol. The van der Waals surface area contributed by atoms with Crippen molar-refractivity contribution in [2.24, 2.45) is 10.3 Å². The number of aryl methyl sites for hydroxylation is 1. The number of hydrogen-bond acceptors (Lipinski definition) is 4. The van der Waals surface area contributed by atoms with Crippen molar-refractivity contribution in [3.63, 3.8) is 0 Å². The number of hydrogen-bond donors (Lipinski definition) is 2. The van der Waals surface area contributed by atoms with Crippen molar-refractivity contribution in [1.82, 2.24) is 5.32 Å². The Morgan fingerprint density at radius 1 is 0.938 bits per heavy atom. The van der Waals surface area contributed by atoms with E-state index in [1.807, 2.05) is 0 Å². The molecule has 0 saturated carbocycles. The van der Waals surface area contributed by atoms with Gasteiger partial charge in [-0.05, 0) is 72.7 Å². The van der Waals surface area contributed by atoms with E-state index in [0.29, 0.717) is 29.3 Å². The first-order chi connectivity index (χ1) is 15.5. The van der Waals surface area contributed by atoms with Gasteiger partial charge in [0.05, 0.1) is 0 Å². The number of nitrogens with zero attached hydrogens (tertiary/aromatic N) is 1. The van der Waals surface area contributed by atoms with Crippen molar-refractivity contribution in [1.29, 1.82) is 0 Å². The standard InChI is InChI=1S/C25H23N3O3S/c29-25(26-16-17-9-10-18-5-1-2-6-20(18)15-17)19-11-13-21(14-12-19)27-24-22-7-3-4-8-23(22)32(30,31)28-24/h1-8,11-14,17H,9-10,15-16H2,(H,26,29)(H,27,28). The van der Waals surface area contributed by atoms with Crippen LogP contribution in [0.5, 0.6) is 0 Å². The van der Waals surface area contributed by atoms with Gasteiger partial charge in [0.25, 0.3) is 15.9 Å². The van der Waals surface area contributed by atoms with Crippen molar-refractivity contribution in [3.05, 3.63) is 95.1 Å². The Morgan fingerprint density at radius 3 is 2.47 bits per heavy atom. The highest BCUT2D eigenvalue weighted by Crippen LogP contribution is 2.27. The molecule has 6 nitrogen and oxygen atoms in total. The first-order valence-corrected chi connectivity index (χ1v) is 12.1. The van der Waals surface area contributed by atoms with Crippen LogP contribution in [-0.4, -0.2) is 26.7 Å². The van der Waals surface area contributed by atoms with Crippen LogP contribution < -0.4 is 10.6 Å². The van der Waals surface area contributed by atoms with E-state index in [9.17, 15) is 13.2 Å². The number of rotatable bonds is 4. The summed E-state index contributed by atoms with van der Waals surface area (Å²) in [5, 5.41) is 6.10. The van der Waals surface area contributed by atoms with Crippen molar-refractivity contribution >= 4 is 27.5 Å². The Balaban J connectivity index is 1.21. The molecule has 2 N–H and O–H groups in total. The molecule has 0 saturated heterocycles. The highest BCUT2D eigenvalue weighted by Gasteiger charge is 2.28. The maximum Gasteiger partial charge on any atom is 0.285 e. The largest absolute Gasteiger partial charge is 0.352 e. The zero-order valence-electron chi connectivity index (χ0n) is 17.4. The lowest BCUT2D eigenvalue weighted by molar-refractivity contribution is 0.0946. The number of amidine groups is 1. The van der Waals surface area contributed by atoms with Gasteiger partial charge in [-0.1, -0.05) is 36.4 Å². The second-order valence-electron chi connectivity index (χ2n) is 8.20. The number of sulfonamides is 1. The Kier molecular flexibility index (Phi) is 5.27. The topological polar surface area (TPSA) is 87.6 Å². The molecule has 3 aromatic rings. The smallest absolute Gasteiger partial charge is 0.285 e. The third kappa shape index (κ3) is 4.03. The molecule has 2 aliphatic rings. The third-order valence-corrected chi connectivity index (χ3v) is 7.38. The maximum atomic E-state index is 12.6. The molecule has 1 amide bonds. The molecule has 0 bridgehead atoms. The summed E-state index contributed by atoms with van der Waals surface area (Å²) in [6.45, 7) is 0.651. The molecule has 3 aromatic carbocycles. The van der Waals surface area contributed by atoms with Crippen LogP contribution in [0.4, 0.5) is 5.69 Å². The van der Waals surface area contributed by atoms with E-state index < -0.39 is 10.0 Å². The molecule has 1 aliphatic heterocycles. The minimum Gasteiger partial charge on any atom is -0.352 e. The second kappa shape index (κ2) is 8.24. The molecule has 0 aromatic heterocycles. The van der Waals surface area contributed by atoms with Crippen LogP contribution in [0.15, 0.2) is 82.1 Å². The summed E-state index contributed by atoms with van der Waals surface area (Å²) in [6, 6.07) is 22.2. The molecule has 7 heteroatoms. The van der Waals surface area contributed by atoms with E-state index in [1.54, 1.807) is 48.5 Å². The second-order valence-corrected chi connectivity index (χ2v) is 9.77. The molecular formula is C25H23N3O3S. The predicted octanol–water partition coefficient (Wildman–Crippen LogP) is 3.78. The van der Waals surface area contributed by atoms with Gasteiger partial charge < -0.3 is 10.6 Å². The molecule has 1 unspecified atom stereocenters. The number of nitrogens with one attached hydrogen (secondary N) is 2. The van der Waals surface area contributed by atoms with Gasteiger partial charge in [0.2, 0.25) is 0 Å². The zero-order valence-corrected chi connectivity index (χ0v) is 18.2. The number of carbonyl (C=O) groups excluding carboxylic acids is 1. The predicted molar refractivity (Wildman–Crippen MR) is 125 cm³/mol. The van der Waals surface area contributed by atoms with Crippen LogP contribution in [0.25, 0.3) is 0 Å². The maximum absolute atomic E-state index is 12.6. The average Bonchev–Trinajstić information content (AvgIpc) is 3.07. The number of amides is 1. The fourth-order valence-electron chi connectivity index (χ4n) is 4.32. The molecule has 1 aliphatic carbocycles. The molecule has 0 radical (unpaired) electrons. The van der Waals surface area contributed by atoms with Gasteiger partial charge >= 0.3 is 0 Å². The molecule has 5 rings (SSSR count). The Hall–Kier alpha value is -3.45. The van der Waals surface area contributed by atoms with E-state index in [1.165, 1.54) is 11.1 Å². The van der Waals surface area contributed by atoms with Crippen LogP contribution in [-0.2, 0) is 22.9 Å². The van der Waals surface area contributed by atoms with Crippen LogP contribution in [0.2, 0.25) is 0 Å². The van der Waals surface area contributed by atoms with E-state index in [0.717, 1.165) is 19.3 Å². The highest BCUT2D eigenvalue weighted by atomic mass is 32.2. The van der Waals surface area contributed by atoms with Crippen molar-refractivity contribution < 1.29 is 13.2 Å². The fourth-order valence-corrected chi connectivity index (χ4v) is 5.50. The van der Waals surface area contributed by atoms with Gasteiger partial charge in [-0.3, -0.25) is 4.79 Å². The fraction of sp³-hybridized carbons (Fsp3) is 0.200. The molecule has 162 valence electrons.